The number of amides is 2. The summed E-state index contributed by atoms with van der Waals surface area (Å²) in [4.78, 5) is 39.7. The van der Waals surface area contributed by atoms with Gasteiger partial charge in [0.1, 0.15) is 17.0 Å². The fourth-order valence-corrected chi connectivity index (χ4v) is 3.71. The zero-order valence-electron chi connectivity index (χ0n) is 22.7. The second-order valence-electron chi connectivity index (χ2n) is 10.7. The van der Waals surface area contributed by atoms with E-state index in [2.05, 4.69) is 5.32 Å². The van der Waals surface area contributed by atoms with E-state index in [0.29, 0.717) is 12.2 Å². The van der Waals surface area contributed by atoms with E-state index in [1.54, 1.807) is 60.8 Å². The molecule has 1 aromatic carbocycles. The van der Waals surface area contributed by atoms with Crippen LogP contribution in [0.25, 0.3) is 0 Å². The van der Waals surface area contributed by atoms with Gasteiger partial charge in [-0.05, 0) is 72.1 Å². The van der Waals surface area contributed by atoms with Gasteiger partial charge in [0, 0.05) is 13.2 Å². The Kier molecular flexibility index (Phi) is 10.4. The molecule has 0 spiro atoms. The first-order chi connectivity index (χ1) is 17.2. The lowest BCUT2D eigenvalue weighted by atomic mass is 10.0. The molecule has 0 radical (unpaired) electrons. The van der Waals surface area contributed by atoms with Crippen molar-refractivity contribution in [2.45, 2.75) is 83.8 Å². The number of carbonyl (C=O) groups excluding carboxylic acids is 3. The number of aliphatic hydroxyl groups excluding tert-OH is 1. The first kappa shape index (κ1) is 30.0. The largest absolute Gasteiger partial charge is 0.509 e. The van der Waals surface area contributed by atoms with Crippen LogP contribution in [0.2, 0.25) is 0 Å². The molecule has 11 heteroatoms. The summed E-state index contributed by atoms with van der Waals surface area (Å²) in [6.07, 6.45) is -3.73. The molecule has 1 saturated heterocycles. The Morgan fingerprint density at radius 2 is 1.62 bits per heavy atom. The number of alkyl carbamates (subject to hydrolysis) is 1. The molecule has 2 amide bonds. The van der Waals surface area contributed by atoms with Gasteiger partial charge in [0.05, 0.1) is 19.7 Å². The van der Waals surface area contributed by atoms with Gasteiger partial charge in [0.2, 0.25) is 0 Å². The number of ether oxygens (including phenoxy) is 5. The summed E-state index contributed by atoms with van der Waals surface area (Å²) in [5, 5.41) is 11.6. The molecule has 0 unspecified atom stereocenters. The van der Waals surface area contributed by atoms with Crippen molar-refractivity contribution in [3.63, 3.8) is 0 Å². The molecule has 1 aromatic rings. The van der Waals surface area contributed by atoms with E-state index >= 15 is 0 Å². The Morgan fingerprint density at radius 1 is 1.00 bits per heavy atom. The zero-order valence-corrected chi connectivity index (χ0v) is 22.7. The molecule has 1 fully saturated rings. The number of aliphatic hydroxyl groups is 1. The molecular weight excluding hydrogens is 484 g/mol. The molecule has 208 valence electrons. The van der Waals surface area contributed by atoms with Crippen molar-refractivity contribution in [3.05, 3.63) is 29.8 Å². The van der Waals surface area contributed by atoms with E-state index in [1.165, 1.54) is 4.90 Å². The van der Waals surface area contributed by atoms with Crippen LogP contribution in [0.5, 0.6) is 5.75 Å². The van der Waals surface area contributed by atoms with Crippen molar-refractivity contribution in [1.29, 1.82) is 0 Å². The van der Waals surface area contributed by atoms with Crippen LogP contribution in [-0.2, 0) is 25.4 Å². The molecule has 2 N–H and O–H groups in total. The molecule has 0 aromatic heterocycles. The highest BCUT2D eigenvalue weighted by Gasteiger charge is 2.50. The van der Waals surface area contributed by atoms with Crippen LogP contribution in [-0.4, -0.2) is 84.6 Å². The standard InChI is InChI=1S/C26H40N2O9/c1-25(2,3)36-23(31)28-16-20(34-24(32)37-26(4,5)6)21(35-22(30)27-13-8-14-29)19(28)15-17-9-11-18(33-7)12-10-17/h9-12,19-21,29H,8,13-16H2,1-7H3,(H,27,30)/t19-,20+,21+/m1/s1. The number of hydrogen-bond acceptors (Lipinski definition) is 9. The van der Waals surface area contributed by atoms with E-state index in [9.17, 15) is 14.4 Å². The second kappa shape index (κ2) is 12.8. The van der Waals surface area contributed by atoms with Gasteiger partial charge in [0.25, 0.3) is 0 Å². The molecule has 1 aliphatic rings. The van der Waals surface area contributed by atoms with E-state index in [-0.39, 0.29) is 26.1 Å². The fourth-order valence-electron chi connectivity index (χ4n) is 3.71. The van der Waals surface area contributed by atoms with Crippen molar-refractivity contribution < 1.29 is 43.2 Å². The minimum absolute atomic E-state index is 0.0659. The van der Waals surface area contributed by atoms with Gasteiger partial charge in [-0.1, -0.05) is 12.1 Å². The number of nitrogens with zero attached hydrogens (tertiary/aromatic N) is 1. The monoisotopic (exact) mass is 524 g/mol. The first-order valence-electron chi connectivity index (χ1n) is 12.3. The quantitative estimate of drug-likeness (QED) is 0.297. The van der Waals surface area contributed by atoms with Crippen molar-refractivity contribution >= 4 is 18.3 Å². The molecule has 1 heterocycles. The molecule has 0 bridgehead atoms. The van der Waals surface area contributed by atoms with Gasteiger partial charge in [-0.3, -0.25) is 4.90 Å². The normalized spacial score (nSPS) is 19.7. The van der Waals surface area contributed by atoms with E-state index in [1.807, 2.05) is 12.1 Å². The maximum atomic E-state index is 13.2. The molecule has 1 aliphatic heterocycles. The number of rotatable bonds is 8. The number of benzene rings is 1. The summed E-state index contributed by atoms with van der Waals surface area (Å²) >= 11 is 0. The SMILES string of the molecule is COc1ccc(C[C@@H]2[C@H](OC(=O)NCCCO)[C@@H](OC(=O)OC(C)(C)C)CN2C(=O)OC(C)(C)C)cc1. The molecular formula is C26H40N2O9. The Hall–Kier alpha value is -3.21. The molecule has 11 nitrogen and oxygen atoms in total. The van der Waals surface area contributed by atoms with E-state index in [4.69, 9.17) is 28.8 Å². The van der Waals surface area contributed by atoms with Crippen LogP contribution in [0.15, 0.2) is 24.3 Å². The smallest absolute Gasteiger partial charge is 0.497 e. The summed E-state index contributed by atoms with van der Waals surface area (Å²) in [6, 6.07) is 6.54. The third-order valence-corrected chi connectivity index (χ3v) is 5.24. The number of likely N-dealkylation sites (tertiary alicyclic amines) is 1. The van der Waals surface area contributed by atoms with Crippen LogP contribution in [0.1, 0.15) is 53.5 Å². The van der Waals surface area contributed by atoms with E-state index in [0.717, 1.165) is 5.56 Å². The minimum atomic E-state index is -1.02. The fraction of sp³-hybridized carbons (Fsp3) is 0.654. The molecule has 3 atom stereocenters. The lowest BCUT2D eigenvalue weighted by Gasteiger charge is -2.30. The highest BCUT2D eigenvalue weighted by Crippen LogP contribution is 2.30. The predicted molar refractivity (Wildman–Crippen MR) is 135 cm³/mol. The third-order valence-electron chi connectivity index (χ3n) is 5.24. The van der Waals surface area contributed by atoms with Crippen molar-refractivity contribution in [2.24, 2.45) is 0 Å². The average Bonchev–Trinajstić information content (AvgIpc) is 3.08. The maximum absolute atomic E-state index is 13.2. The summed E-state index contributed by atoms with van der Waals surface area (Å²) in [5.41, 5.74) is -0.739. The Balaban J connectivity index is 2.38. The minimum Gasteiger partial charge on any atom is -0.497 e. The average molecular weight is 525 g/mol. The predicted octanol–water partition coefficient (Wildman–Crippen LogP) is 3.65. The molecule has 37 heavy (non-hydrogen) atoms. The highest BCUT2D eigenvalue weighted by molar-refractivity contribution is 5.71. The number of nitrogens with one attached hydrogen (secondary N) is 1. The third kappa shape index (κ3) is 9.99. The van der Waals surface area contributed by atoms with Gasteiger partial charge < -0.3 is 34.1 Å². The summed E-state index contributed by atoms with van der Waals surface area (Å²) in [5.74, 6) is 0.668. The van der Waals surface area contributed by atoms with Gasteiger partial charge in [-0.15, -0.1) is 0 Å². The zero-order chi connectivity index (χ0) is 27.8. The lowest BCUT2D eigenvalue weighted by molar-refractivity contribution is -0.0518. The molecule has 0 aliphatic carbocycles. The van der Waals surface area contributed by atoms with Gasteiger partial charge in [0.15, 0.2) is 12.2 Å². The number of methoxy groups -OCH3 is 1. The summed E-state index contributed by atoms with van der Waals surface area (Å²) in [7, 11) is 1.56. The topological polar surface area (TPSA) is 133 Å². The van der Waals surface area contributed by atoms with Gasteiger partial charge in [-0.2, -0.15) is 0 Å². The lowest BCUT2D eigenvalue weighted by Crippen LogP contribution is -2.46. The van der Waals surface area contributed by atoms with Crippen molar-refractivity contribution in [3.8, 4) is 5.75 Å². The van der Waals surface area contributed by atoms with Crippen LogP contribution >= 0.6 is 0 Å². The summed E-state index contributed by atoms with van der Waals surface area (Å²) in [6.45, 7) is 10.4. The Labute approximate surface area is 218 Å². The first-order valence-corrected chi connectivity index (χ1v) is 12.3. The van der Waals surface area contributed by atoms with Crippen LogP contribution < -0.4 is 10.1 Å². The Morgan fingerprint density at radius 3 is 2.16 bits per heavy atom. The maximum Gasteiger partial charge on any atom is 0.509 e. The summed E-state index contributed by atoms with van der Waals surface area (Å²) < 4.78 is 27.4. The second-order valence-corrected chi connectivity index (χ2v) is 10.7. The van der Waals surface area contributed by atoms with Gasteiger partial charge in [-0.25, -0.2) is 14.4 Å². The highest BCUT2D eigenvalue weighted by atomic mass is 16.7. The molecule has 2 rings (SSSR count). The van der Waals surface area contributed by atoms with Gasteiger partial charge >= 0.3 is 18.3 Å². The number of hydrogen-bond donors (Lipinski definition) is 2. The van der Waals surface area contributed by atoms with Crippen molar-refractivity contribution in [2.75, 3.05) is 26.8 Å². The molecule has 0 saturated carbocycles. The Bertz CT molecular complexity index is 906. The number of carbonyl (C=O) groups is 3. The van der Waals surface area contributed by atoms with Crippen LogP contribution in [0, 0.1) is 0 Å². The van der Waals surface area contributed by atoms with E-state index < -0.39 is 47.8 Å². The van der Waals surface area contributed by atoms with Crippen LogP contribution in [0.3, 0.4) is 0 Å². The van der Waals surface area contributed by atoms with Crippen molar-refractivity contribution in [1.82, 2.24) is 10.2 Å². The van der Waals surface area contributed by atoms with Crippen LogP contribution in [0.4, 0.5) is 14.4 Å².